The Bertz CT molecular complexity index is 1230. The fourth-order valence-electron chi connectivity index (χ4n) is 5.21. The van der Waals surface area contributed by atoms with E-state index in [1.165, 1.54) is 12.1 Å². The number of carbonyl (C=O) groups excluding carboxylic acids is 1. The summed E-state index contributed by atoms with van der Waals surface area (Å²) in [5, 5.41) is 11.5. The van der Waals surface area contributed by atoms with Crippen molar-refractivity contribution in [3.05, 3.63) is 71.0 Å². The second-order valence-electron chi connectivity index (χ2n) is 10.4. The van der Waals surface area contributed by atoms with E-state index in [1.54, 1.807) is 6.07 Å². The molecule has 0 bridgehead atoms. The van der Waals surface area contributed by atoms with Crippen LogP contribution in [0, 0.1) is 5.82 Å². The normalized spacial score (nSPS) is 21.3. The van der Waals surface area contributed by atoms with Crippen molar-refractivity contribution in [2.75, 3.05) is 64.4 Å². The van der Waals surface area contributed by atoms with Crippen LogP contribution in [0.3, 0.4) is 0 Å². The number of fused-ring (bicyclic) bond motifs is 1. The number of rotatable bonds is 9. The zero-order valence-corrected chi connectivity index (χ0v) is 22.0. The van der Waals surface area contributed by atoms with Crippen LogP contribution in [0.2, 0.25) is 0 Å². The average Bonchev–Trinajstić information content (AvgIpc) is 3.40. The maximum atomic E-state index is 13.6. The summed E-state index contributed by atoms with van der Waals surface area (Å²) in [7, 11) is 0. The van der Waals surface area contributed by atoms with Crippen molar-refractivity contribution in [1.82, 2.24) is 14.8 Å². The summed E-state index contributed by atoms with van der Waals surface area (Å²) in [6, 6.07) is 8.41. The van der Waals surface area contributed by atoms with Gasteiger partial charge in [-0.15, -0.1) is 0 Å². The third-order valence-electron chi connectivity index (χ3n) is 7.33. The van der Waals surface area contributed by atoms with Gasteiger partial charge in [-0.05, 0) is 44.2 Å². The Hall–Kier alpha value is -3.11. The number of benzene rings is 1. The van der Waals surface area contributed by atoms with Gasteiger partial charge >= 0.3 is 0 Å². The zero-order valence-electron chi connectivity index (χ0n) is 22.0. The first-order chi connectivity index (χ1) is 18.3. The molecular formula is C29H35FN4O4. The third kappa shape index (κ3) is 5.81. The van der Waals surface area contributed by atoms with Gasteiger partial charge in [0.25, 0.3) is 5.91 Å². The van der Waals surface area contributed by atoms with Gasteiger partial charge in [0.1, 0.15) is 17.2 Å². The van der Waals surface area contributed by atoms with Gasteiger partial charge in [-0.25, -0.2) is 4.39 Å². The van der Waals surface area contributed by atoms with Gasteiger partial charge in [-0.2, -0.15) is 0 Å². The summed E-state index contributed by atoms with van der Waals surface area (Å²) < 4.78 is 25.2. The topological polar surface area (TPSA) is 87.2 Å². The molecule has 1 amide bonds. The summed E-state index contributed by atoms with van der Waals surface area (Å²) in [5.74, 6) is -0.206. The zero-order chi connectivity index (χ0) is 26.7. The van der Waals surface area contributed by atoms with Gasteiger partial charge in [0, 0.05) is 74.3 Å². The van der Waals surface area contributed by atoms with Crippen LogP contribution in [0.15, 0.2) is 48.4 Å². The van der Waals surface area contributed by atoms with Gasteiger partial charge in [0.05, 0.1) is 31.1 Å². The second kappa shape index (κ2) is 11.3. The molecule has 1 saturated heterocycles. The van der Waals surface area contributed by atoms with E-state index in [9.17, 15) is 9.18 Å². The minimum absolute atomic E-state index is 0.0714. The van der Waals surface area contributed by atoms with Crippen LogP contribution in [0.25, 0.3) is 11.1 Å². The molecule has 0 aliphatic carbocycles. The lowest BCUT2D eigenvalue weighted by Crippen LogP contribution is -2.47. The Balaban J connectivity index is 1.21. The van der Waals surface area contributed by atoms with E-state index in [4.69, 9.17) is 19.6 Å². The van der Waals surface area contributed by atoms with Crippen molar-refractivity contribution in [1.29, 1.82) is 0 Å². The first-order valence-electron chi connectivity index (χ1n) is 13.2. The highest BCUT2D eigenvalue weighted by Gasteiger charge is 2.38. The molecule has 5 rings (SSSR count). The standard InChI is InChI=1S/C29H35FN4O4/c1-29(2)24(18-26(38-29)27-23-6-4-21(30)17-25(23)32-28(27)36)20-3-5-22(31-19-20)7-8-33-9-11-34(12-10-33)13-15-37-16-14-35/h3-6,17-19,35H,7-16H2,1-2H3,(H,32,36)/b27-26+. The third-order valence-corrected chi connectivity index (χ3v) is 7.33. The lowest BCUT2D eigenvalue weighted by molar-refractivity contribution is -0.111. The Kier molecular flexibility index (Phi) is 7.90. The number of hydrogen-bond acceptors (Lipinski definition) is 7. The monoisotopic (exact) mass is 522 g/mol. The molecule has 0 radical (unpaired) electrons. The summed E-state index contributed by atoms with van der Waals surface area (Å²) in [5.41, 5.74) is 3.81. The summed E-state index contributed by atoms with van der Waals surface area (Å²) >= 11 is 0. The lowest BCUT2D eigenvalue weighted by atomic mass is 9.93. The molecule has 0 atom stereocenters. The molecule has 4 heterocycles. The number of piperazine rings is 1. The van der Waals surface area contributed by atoms with Crippen LogP contribution < -0.4 is 5.32 Å². The number of pyridine rings is 1. The summed E-state index contributed by atoms with van der Waals surface area (Å²) in [4.78, 5) is 22.3. The number of carbonyl (C=O) groups is 1. The minimum atomic E-state index is -0.641. The van der Waals surface area contributed by atoms with Gasteiger partial charge in [0.2, 0.25) is 0 Å². The van der Waals surface area contributed by atoms with Crippen LogP contribution in [0.5, 0.6) is 0 Å². The van der Waals surface area contributed by atoms with E-state index < -0.39 is 11.4 Å². The number of nitrogens with one attached hydrogen (secondary N) is 1. The molecule has 0 spiro atoms. The smallest absolute Gasteiger partial charge is 0.260 e. The maximum absolute atomic E-state index is 13.6. The second-order valence-corrected chi connectivity index (χ2v) is 10.4. The lowest BCUT2D eigenvalue weighted by Gasteiger charge is -2.34. The van der Waals surface area contributed by atoms with Crippen molar-refractivity contribution in [3.63, 3.8) is 0 Å². The molecule has 2 aromatic rings. The van der Waals surface area contributed by atoms with Gasteiger partial charge in [-0.1, -0.05) is 6.07 Å². The highest BCUT2D eigenvalue weighted by atomic mass is 19.1. The Morgan fingerprint density at radius 2 is 1.87 bits per heavy atom. The van der Waals surface area contributed by atoms with Crippen LogP contribution in [0.4, 0.5) is 10.1 Å². The highest BCUT2D eigenvalue weighted by Crippen LogP contribution is 2.44. The fourth-order valence-corrected chi connectivity index (χ4v) is 5.21. The first kappa shape index (κ1) is 26.5. The fraction of sp³-hybridized carbons (Fsp3) is 0.448. The van der Waals surface area contributed by atoms with E-state index in [0.29, 0.717) is 35.8 Å². The Labute approximate surface area is 222 Å². The predicted molar refractivity (Wildman–Crippen MR) is 144 cm³/mol. The molecule has 8 nitrogen and oxygen atoms in total. The van der Waals surface area contributed by atoms with Crippen molar-refractivity contribution in [3.8, 4) is 0 Å². The Morgan fingerprint density at radius 3 is 2.58 bits per heavy atom. The minimum Gasteiger partial charge on any atom is -0.482 e. The van der Waals surface area contributed by atoms with Crippen LogP contribution in [0.1, 0.15) is 30.7 Å². The number of aliphatic hydroxyl groups excluding tert-OH is 1. The molecule has 9 heteroatoms. The molecular weight excluding hydrogens is 487 g/mol. The van der Waals surface area contributed by atoms with E-state index in [0.717, 1.165) is 62.5 Å². The SMILES string of the molecule is CC1(C)O/C(=C2/C(=O)Nc3cc(F)ccc32)C=C1c1ccc(CCN2CCN(CCOCCO)CC2)nc1. The van der Waals surface area contributed by atoms with Crippen molar-refractivity contribution >= 4 is 22.7 Å². The molecule has 0 saturated carbocycles. The largest absolute Gasteiger partial charge is 0.482 e. The average molecular weight is 523 g/mol. The molecule has 3 aliphatic heterocycles. The van der Waals surface area contributed by atoms with Crippen molar-refractivity contribution < 1.29 is 23.8 Å². The van der Waals surface area contributed by atoms with E-state index in [2.05, 4.69) is 27.2 Å². The van der Waals surface area contributed by atoms with Crippen molar-refractivity contribution in [2.24, 2.45) is 0 Å². The molecule has 3 aliphatic rings. The van der Waals surface area contributed by atoms with Gasteiger partial charge in [-0.3, -0.25) is 14.7 Å². The van der Waals surface area contributed by atoms with Gasteiger partial charge < -0.3 is 24.8 Å². The number of allylic oxidation sites excluding steroid dienone is 1. The molecule has 1 aromatic heterocycles. The molecule has 1 aromatic carbocycles. The molecule has 1 fully saturated rings. The number of anilines is 1. The number of aliphatic hydroxyl groups is 1. The summed E-state index contributed by atoms with van der Waals surface area (Å²) in [6.45, 7) is 11.0. The number of halogens is 1. The molecule has 0 unspecified atom stereocenters. The van der Waals surface area contributed by atoms with E-state index >= 15 is 0 Å². The number of ether oxygens (including phenoxy) is 2. The van der Waals surface area contributed by atoms with Crippen LogP contribution >= 0.6 is 0 Å². The highest BCUT2D eigenvalue weighted by molar-refractivity contribution is 6.32. The summed E-state index contributed by atoms with van der Waals surface area (Å²) in [6.07, 6.45) is 4.66. The van der Waals surface area contributed by atoms with Crippen molar-refractivity contribution in [2.45, 2.75) is 25.9 Å². The molecule has 202 valence electrons. The van der Waals surface area contributed by atoms with Crippen LogP contribution in [-0.4, -0.2) is 90.5 Å². The maximum Gasteiger partial charge on any atom is 0.260 e. The van der Waals surface area contributed by atoms with E-state index in [1.807, 2.05) is 26.1 Å². The quantitative estimate of drug-likeness (QED) is 0.387. The number of nitrogens with zero attached hydrogens (tertiary/aromatic N) is 3. The molecule has 38 heavy (non-hydrogen) atoms. The number of amides is 1. The Morgan fingerprint density at radius 1 is 1.11 bits per heavy atom. The predicted octanol–water partition coefficient (Wildman–Crippen LogP) is 2.95. The van der Waals surface area contributed by atoms with Gasteiger partial charge in [0.15, 0.2) is 0 Å². The number of hydrogen-bond donors (Lipinski definition) is 2. The number of aromatic nitrogens is 1. The molecule has 2 N–H and O–H groups in total. The first-order valence-corrected chi connectivity index (χ1v) is 13.2. The van der Waals surface area contributed by atoms with E-state index in [-0.39, 0.29) is 12.5 Å². The van der Waals surface area contributed by atoms with Crippen LogP contribution in [-0.2, 0) is 20.7 Å².